The van der Waals surface area contributed by atoms with Crippen LogP contribution in [0.1, 0.15) is 30.7 Å². The first kappa shape index (κ1) is 19.0. The van der Waals surface area contributed by atoms with Gasteiger partial charge in [-0.1, -0.05) is 12.1 Å². The molecule has 2 heterocycles. The lowest BCUT2D eigenvalue weighted by Gasteiger charge is -2.42. The third-order valence-electron chi connectivity index (χ3n) is 4.76. The van der Waals surface area contributed by atoms with Gasteiger partial charge in [-0.15, -0.1) is 13.2 Å². The minimum Gasteiger partial charge on any atom is -0.406 e. The summed E-state index contributed by atoms with van der Waals surface area (Å²) in [6, 6.07) is 4.04. The molecule has 0 radical (unpaired) electrons. The smallest absolute Gasteiger partial charge is 0.406 e. The van der Waals surface area contributed by atoms with Gasteiger partial charge in [0.2, 0.25) is 11.8 Å². The second-order valence-corrected chi connectivity index (χ2v) is 6.57. The van der Waals surface area contributed by atoms with Crippen molar-refractivity contribution in [3.8, 4) is 5.75 Å². The topological polar surface area (TPSA) is 92.9 Å². The number of rotatable bonds is 3. The van der Waals surface area contributed by atoms with E-state index in [-0.39, 0.29) is 18.1 Å². The predicted molar refractivity (Wildman–Crippen MR) is 86.5 cm³/mol. The summed E-state index contributed by atoms with van der Waals surface area (Å²) < 4.78 is 40.6. The molecule has 0 spiro atoms. The number of halogens is 3. The minimum absolute atomic E-state index is 0.0704. The van der Waals surface area contributed by atoms with Crippen molar-refractivity contribution in [2.45, 2.75) is 37.6 Å². The van der Waals surface area contributed by atoms with Gasteiger partial charge >= 0.3 is 12.4 Å². The number of primary amides is 1. The fraction of sp³-hybridized carbons (Fsp3) is 0.471. The van der Waals surface area contributed by atoms with Crippen LogP contribution < -0.4 is 10.5 Å². The maximum absolute atomic E-state index is 12.6. The summed E-state index contributed by atoms with van der Waals surface area (Å²) in [5.74, 6) is -1.58. The molecule has 10 heteroatoms. The van der Waals surface area contributed by atoms with E-state index < -0.39 is 30.2 Å². The zero-order valence-corrected chi connectivity index (χ0v) is 14.2. The Kier molecular flexibility index (Phi) is 4.99. The van der Waals surface area contributed by atoms with Crippen molar-refractivity contribution < 1.29 is 32.3 Å². The number of benzene rings is 1. The largest absolute Gasteiger partial charge is 0.573 e. The Labute approximate surface area is 152 Å². The van der Waals surface area contributed by atoms with E-state index in [4.69, 9.17) is 5.73 Å². The van der Waals surface area contributed by atoms with E-state index in [0.717, 1.165) is 16.9 Å². The number of imide groups is 1. The van der Waals surface area contributed by atoms with E-state index >= 15 is 0 Å². The van der Waals surface area contributed by atoms with Gasteiger partial charge in [0.05, 0.1) is 6.42 Å². The Morgan fingerprint density at radius 3 is 2.41 bits per heavy atom. The normalized spacial score (nSPS) is 23.0. The van der Waals surface area contributed by atoms with Gasteiger partial charge in [0.1, 0.15) is 11.8 Å². The monoisotopic (exact) mass is 385 g/mol. The first-order chi connectivity index (χ1) is 12.7. The summed E-state index contributed by atoms with van der Waals surface area (Å²) in [6.07, 6.45) is -3.41. The summed E-state index contributed by atoms with van der Waals surface area (Å²) in [5.41, 5.74) is 5.97. The SMILES string of the molecule is NC(=O)C1CC(=O)N1C(=O)N1CCCC(c2ccc(OC(F)(F)F)cc2)C1. The summed E-state index contributed by atoms with van der Waals surface area (Å²) in [5, 5.41) is 0. The van der Waals surface area contributed by atoms with Crippen LogP contribution in [0, 0.1) is 0 Å². The molecule has 146 valence electrons. The predicted octanol–water partition coefficient (Wildman–Crippen LogP) is 1.97. The van der Waals surface area contributed by atoms with E-state index in [0.29, 0.717) is 19.5 Å². The van der Waals surface area contributed by atoms with Crippen molar-refractivity contribution >= 4 is 17.8 Å². The fourth-order valence-corrected chi connectivity index (χ4v) is 3.40. The number of ether oxygens (including phenoxy) is 1. The van der Waals surface area contributed by atoms with Gasteiger partial charge in [-0.3, -0.25) is 14.5 Å². The van der Waals surface area contributed by atoms with E-state index in [1.54, 1.807) is 0 Å². The molecule has 2 unspecified atom stereocenters. The molecule has 2 N–H and O–H groups in total. The number of carbonyl (C=O) groups excluding carboxylic acids is 3. The quantitative estimate of drug-likeness (QED) is 0.805. The van der Waals surface area contributed by atoms with Crippen molar-refractivity contribution in [3.05, 3.63) is 29.8 Å². The zero-order chi connectivity index (χ0) is 19.8. The molecule has 2 aliphatic heterocycles. The van der Waals surface area contributed by atoms with Gasteiger partial charge in [0.15, 0.2) is 0 Å². The zero-order valence-electron chi connectivity index (χ0n) is 14.2. The van der Waals surface area contributed by atoms with E-state index in [2.05, 4.69) is 4.74 Å². The van der Waals surface area contributed by atoms with Crippen molar-refractivity contribution in [2.75, 3.05) is 13.1 Å². The molecular formula is C17H18F3N3O4. The molecule has 2 saturated heterocycles. The highest BCUT2D eigenvalue weighted by molar-refractivity contribution is 6.07. The molecule has 2 atom stereocenters. The van der Waals surface area contributed by atoms with Gasteiger partial charge < -0.3 is 15.4 Å². The van der Waals surface area contributed by atoms with Gasteiger partial charge in [0.25, 0.3) is 0 Å². The molecule has 4 amide bonds. The van der Waals surface area contributed by atoms with Crippen LogP contribution in [-0.4, -0.2) is 53.1 Å². The number of urea groups is 1. The van der Waals surface area contributed by atoms with Gasteiger partial charge in [0, 0.05) is 19.0 Å². The lowest BCUT2D eigenvalue weighted by atomic mass is 9.90. The average molecular weight is 385 g/mol. The Hall–Kier alpha value is -2.78. The Bertz CT molecular complexity index is 751. The number of amides is 4. The van der Waals surface area contributed by atoms with E-state index in [1.165, 1.54) is 29.2 Å². The fourth-order valence-electron chi connectivity index (χ4n) is 3.40. The molecule has 1 aromatic carbocycles. The van der Waals surface area contributed by atoms with Crippen LogP contribution in [0.5, 0.6) is 5.75 Å². The summed E-state index contributed by atoms with van der Waals surface area (Å²) in [6.45, 7) is 0.730. The first-order valence-corrected chi connectivity index (χ1v) is 8.41. The van der Waals surface area contributed by atoms with Crippen LogP contribution in [0.4, 0.5) is 18.0 Å². The lowest BCUT2D eigenvalue weighted by Crippen LogP contribution is -2.64. The van der Waals surface area contributed by atoms with Crippen molar-refractivity contribution in [1.29, 1.82) is 0 Å². The summed E-state index contributed by atoms with van der Waals surface area (Å²) in [4.78, 5) is 37.9. The van der Waals surface area contributed by atoms with E-state index in [1.807, 2.05) is 0 Å². The highest BCUT2D eigenvalue weighted by atomic mass is 19.4. The number of hydrogen-bond acceptors (Lipinski definition) is 4. The van der Waals surface area contributed by atoms with Crippen LogP contribution in [0.15, 0.2) is 24.3 Å². The van der Waals surface area contributed by atoms with Crippen LogP contribution >= 0.6 is 0 Å². The van der Waals surface area contributed by atoms with E-state index in [9.17, 15) is 27.6 Å². The second-order valence-electron chi connectivity index (χ2n) is 6.57. The minimum atomic E-state index is -4.75. The Morgan fingerprint density at radius 2 is 1.85 bits per heavy atom. The second kappa shape index (κ2) is 7.09. The molecule has 0 saturated carbocycles. The number of carbonyl (C=O) groups is 3. The van der Waals surface area contributed by atoms with Gasteiger partial charge in [-0.25, -0.2) is 4.79 Å². The van der Waals surface area contributed by atoms with Crippen molar-refractivity contribution in [1.82, 2.24) is 9.80 Å². The lowest BCUT2D eigenvalue weighted by molar-refractivity contribution is -0.274. The molecule has 1 aromatic rings. The maximum atomic E-state index is 12.6. The number of β-lactam (4-membered cyclic amide) rings is 1. The number of hydrogen-bond donors (Lipinski definition) is 1. The standard InChI is InChI=1S/C17H18F3N3O4/c18-17(19,20)27-12-5-3-10(4-6-12)11-2-1-7-22(9-11)16(26)23-13(15(21)25)8-14(23)24/h3-6,11,13H,1-2,7-9H2,(H2,21,25). The molecule has 0 bridgehead atoms. The first-order valence-electron chi connectivity index (χ1n) is 8.41. The summed E-state index contributed by atoms with van der Waals surface area (Å²) in [7, 11) is 0. The highest BCUT2D eigenvalue weighted by Crippen LogP contribution is 2.31. The van der Waals surface area contributed by atoms with Gasteiger partial charge in [-0.05, 0) is 30.5 Å². The molecule has 7 nitrogen and oxygen atoms in total. The molecule has 2 fully saturated rings. The van der Waals surface area contributed by atoms with Gasteiger partial charge in [-0.2, -0.15) is 0 Å². The number of piperidine rings is 1. The average Bonchev–Trinajstić information content (AvgIpc) is 2.58. The van der Waals surface area contributed by atoms with Crippen LogP contribution in [0.2, 0.25) is 0 Å². The molecule has 3 rings (SSSR count). The third-order valence-corrected chi connectivity index (χ3v) is 4.76. The third kappa shape index (κ3) is 4.15. The molecular weight excluding hydrogens is 367 g/mol. The Balaban J connectivity index is 1.66. The summed E-state index contributed by atoms with van der Waals surface area (Å²) >= 11 is 0. The molecule has 0 aliphatic carbocycles. The number of nitrogens with two attached hydrogens (primary N) is 1. The molecule has 27 heavy (non-hydrogen) atoms. The molecule has 2 aliphatic rings. The van der Waals surface area contributed by atoms with Crippen LogP contribution in [-0.2, 0) is 9.59 Å². The highest BCUT2D eigenvalue weighted by Gasteiger charge is 2.46. The molecule has 0 aromatic heterocycles. The van der Waals surface area contributed by atoms with Crippen molar-refractivity contribution in [3.63, 3.8) is 0 Å². The van der Waals surface area contributed by atoms with Crippen LogP contribution in [0.25, 0.3) is 0 Å². The Morgan fingerprint density at radius 1 is 1.19 bits per heavy atom. The van der Waals surface area contributed by atoms with Crippen molar-refractivity contribution in [2.24, 2.45) is 5.73 Å². The maximum Gasteiger partial charge on any atom is 0.573 e. The number of nitrogens with zero attached hydrogens (tertiary/aromatic N) is 2. The van der Waals surface area contributed by atoms with Crippen LogP contribution in [0.3, 0.4) is 0 Å². The number of alkyl halides is 3. The number of likely N-dealkylation sites (tertiary alicyclic amines) is 2.